The molecule has 4 aromatic rings. The molecule has 10 nitrogen and oxygen atoms in total. The number of nitrogens with zero attached hydrogens (tertiary/aromatic N) is 5. The third-order valence-electron chi connectivity index (χ3n) is 9.58. The van der Waals surface area contributed by atoms with Crippen LogP contribution in [0.4, 0.5) is 27.3 Å². The van der Waals surface area contributed by atoms with Gasteiger partial charge in [-0.25, -0.2) is 9.37 Å². The largest absolute Gasteiger partial charge is 0.461 e. The number of aromatic nitrogens is 2. The van der Waals surface area contributed by atoms with E-state index in [2.05, 4.69) is 27.1 Å². The van der Waals surface area contributed by atoms with Crippen LogP contribution >= 0.6 is 11.3 Å². The van der Waals surface area contributed by atoms with Crippen LogP contribution in [0.5, 0.6) is 0 Å². The SMILES string of the molecule is CC(=O)OCc1c(-c2cc(Nc3ccc(N4CCN(C)CC4)cn3)c(=O)n(C)c2)cc(F)cc1N1CCc2c(sc3c2CCCC3)C1=O. The number of hydrogen-bond donors (Lipinski definition) is 1. The zero-order valence-electron chi connectivity index (χ0n) is 27.5. The zero-order chi connectivity index (χ0) is 33.5. The Kier molecular flexibility index (Phi) is 8.78. The fourth-order valence-corrected chi connectivity index (χ4v) is 8.38. The van der Waals surface area contributed by atoms with Crippen LogP contribution in [-0.2, 0) is 42.4 Å². The van der Waals surface area contributed by atoms with Gasteiger partial charge in [0.1, 0.15) is 23.9 Å². The fourth-order valence-electron chi connectivity index (χ4n) is 6.99. The average molecular weight is 671 g/mol. The van der Waals surface area contributed by atoms with Gasteiger partial charge in [-0.05, 0) is 86.2 Å². The second-order valence-corrected chi connectivity index (χ2v) is 13.9. The number of fused-ring (bicyclic) bond motifs is 3. The molecule has 0 spiro atoms. The van der Waals surface area contributed by atoms with Crippen LogP contribution in [-0.4, -0.2) is 66.1 Å². The molecule has 3 aromatic heterocycles. The van der Waals surface area contributed by atoms with Crippen molar-refractivity contribution in [3.63, 3.8) is 0 Å². The number of halogens is 1. The first-order chi connectivity index (χ1) is 23.2. The number of esters is 1. The van der Waals surface area contributed by atoms with Gasteiger partial charge in [-0.1, -0.05) is 0 Å². The van der Waals surface area contributed by atoms with Gasteiger partial charge in [0.25, 0.3) is 11.5 Å². The van der Waals surface area contributed by atoms with E-state index in [-0.39, 0.29) is 23.8 Å². The van der Waals surface area contributed by atoms with Crippen LogP contribution in [0.3, 0.4) is 0 Å². The third-order valence-corrected chi connectivity index (χ3v) is 10.9. The monoisotopic (exact) mass is 670 g/mol. The summed E-state index contributed by atoms with van der Waals surface area (Å²) < 4.78 is 22.5. The van der Waals surface area contributed by atoms with Crippen LogP contribution in [0.2, 0.25) is 0 Å². The molecule has 0 radical (unpaired) electrons. The molecule has 3 aliphatic rings. The summed E-state index contributed by atoms with van der Waals surface area (Å²) in [6, 6.07) is 8.17. The highest BCUT2D eigenvalue weighted by atomic mass is 32.1. The zero-order valence-corrected chi connectivity index (χ0v) is 28.3. The molecule has 0 saturated carbocycles. The molecule has 2 aliphatic heterocycles. The fraction of sp³-hybridized carbons (Fsp3) is 0.389. The molecule has 0 bridgehead atoms. The molecule has 0 unspecified atom stereocenters. The average Bonchev–Trinajstić information content (AvgIpc) is 3.46. The molecule has 48 heavy (non-hydrogen) atoms. The first-order valence-electron chi connectivity index (χ1n) is 16.4. The molecule has 0 atom stereocenters. The van der Waals surface area contributed by atoms with E-state index >= 15 is 4.39 Å². The maximum absolute atomic E-state index is 15.6. The molecule has 1 fully saturated rings. The summed E-state index contributed by atoms with van der Waals surface area (Å²) in [5, 5.41) is 3.15. The molecule has 1 aliphatic carbocycles. The Balaban J connectivity index is 1.24. The van der Waals surface area contributed by atoms with E-state index in [4.69, 9.17) is 4.74 Å². The van der Waals surface area contributed by atoms with Gasteiger partial charge in [0.15, 0.2) is 0 Å². The lowest BCUT2D eigenvalue weighted by atomic mass is 9.91. The van der Waals surface area contributed by atoms with Crippen molar-refractivity contribution in [2.24, 2.45) is 7.05 Å². The number of rotatable bonds is 7. The van der Waals surface area contributed by atoms with E-state index < -0.39 is 11.8 Å². The number of thiophene rings is 1. The van der Waals surface area contributed by atoms with Gasteiger partial charge in [-0.3, -0.25) is 14.4 Å². The number of amides is 1. The minimum Gasteiger partial charge on any atom is -0.461 e. The number of nitrogens with one attached hydrogen (secondary N) is 1. The Bertz CT molecular complexity index is 1950. The number of anilines is 4. The van der Waals surface area contributed by atoms with E-state index in [0.29, 0.717) is 41.2 Å². The summed E-state index contributed by atoms with van der Waals surface area (Å²) in [7, 11) is 3.74. The van der Waals surface area contributed by atoms with Crippen molar-refractivity contribution < 1.29 is 18.7 Å². The number of piperazine rings is 1. The molecule has 1 aromatic carbocycles. The van der Waals surface area contributed by atoms with Gasteiger partial charge in [0.05, 0.1) is 22.4 Å². The predicted octanol–water partition coefficient (Wildman–Crippen LogP) is 5.29. The van der Waals surface area contributed by atoms with E-state index in [1.165, 1.54) is 34.1 Å². The summed E-state index contributed by atoms with van der Waals surface area (Å²) in [4.78, 5) is 52.1. The van der Waals surface area contributed by atoms with Crippen molar-refractivity contribution in [3.8, 4) is 11.1 Å². The second-order valence-electron chi connectivity index (χ2n) is 12.8. The Morgan fingerprint density at radius 3 is 2.54 bits per heavy atom. The quantitative estimate of drug-likeness (QED) is 0.265. The molecule has 7 rings (SSSR count). The lowest BCUT2D eigenvalue weighted by Crippen LogP contribution is -2.44. The van der Waals surface area contributed by atoms with Crippen molar-refractivity contribution in [2.45, 2.75) is 45.6 Å². The maximum atomic E-state index is 15.6. The predicted molar refractivity (Wildman–Crippen MR) is 186 cm³/mol. The molecule has 1 saturated heterocycles. The van der Waals surface area contributed by atoms with Crippen LogP contribution in [0.15, 0.2) is 47.5 Å². The number of carbonyl (C=O) groups excluding carboxylic acids is 2. The molecular formula is C36H39FN6O4S. The van der Waals surface area contributed by atoms with Crippen molar-refractivity contribution >= 4 is 46.1 Å². The van der Waals surface area contributed by atoms with Gasteiger partial charge >= 0.3 is 5.97 Å². The van der Waals surface area contributed by atoms with Crippen LogP contribution in [0, 0.1) is 5.82 Å². The highest BCUT2D eigenvalue weighted by Crippen LogP contribution is 2.41. The van der Waals surface area contributed by atoms with E-state index in [1.807, 2.05) is 12.1 Å². The van der Waals surface area contributed by atoms with Gasteiger partial charge in [-0.2, -0.15) is 0 Å². The van der Waals surface area contributed by atoms with E-state index in [1.54, 1.807) is 41.7 Å². The molecule has 1 N–H and O–H groups in total. The van der Waals surface area contributed by atoms with Crippen LogP contribution in [0.25, 0.3) is 11.1 Å². The standard InChI is InChI=1S/C36H39FN6O4S/c1-22(44)47-21-29-28(17-24(37)18-31(29)43-11-10-27-26-6-4-5-7-32(26)48-34(27)36(43)46)23-16-30(35(45)41(3)20-23)39-33-9-8-25(19-38-33)42-14-12-40(2)13-15-42/h8-9,16-20H,4-7,10-15,21H2,1-3H3,(H,38,39). The number of carbonyl (C=O) groups is 2. The number of aryl methyl sites for hydroxylation is 2. The third kappa shape index (κ3) is 6.22. The molecule has 12 heteroatoms. The van der Waals surface area contributed by atoms with E-state index in [9.17, 15) is 14.4 Å². The second kappa shape index (κ2) is 13.2. The van der Waals surface area contributed by atoms with Gasteiger partial charge in [-0.15, -0.1) is 11.3 Å². The molecular weight excluding hydrogens is 631 g/mol. The highest BCUT2D eigenvalue weighted by Gasteiger charge is 2.34. The Hall–Kier alpha value is -4.55. The smallest absolute Gasteiger partial charge is 0.302 e. The first kappa shape index (κ1) is 32.0. The Labute approximate surface area is 282 Å². The van der Waals surface area contributed by atoms with Crippen molar-refractivity contribution in [1.82, 2.24) is 14.5 Å². The van der Waals surface area contributed by atoms with E-state index in [0.717, 1.165) is 68.0 Å². The lowest BCUT2D eigenvalue weighted by molar-refractivity contribution is -0.142. The van der Waals surface area contributed by atoms with Crippen molar-refractivity contribution in [1.29, 1.82) is 0 Å². The highest BCUT2D eigenvalue weighted by molar-refractivity contribution is 7.14. The lowest BCUT2D eigenvalue weighted by Gasteiger charge is -2.33. The van der Waals surface area contributed by atoms with Gasteiger partial charge in [0, 0.05) is 68.9 Å². The molecule has 1 amide bonds. The number of benzene rings is 1. The Morgan fingerprint density at radius 1 is 1.00 bits per heavy atom. The summed E-state index contributed by atoms with van der Waals surface area (Å²) in [5.74, 6) is -0.704. The number of pyridine rings is 2. The minimum absolute atomic E-state index is 0.162. The minimum atomic E-state index is -0.542. The van der Waals surface area contributed by atoms with Crippen molar-refractivity contribution in [2.75, 3.05) is 54.9 Å². The van der Waals surface area contributed by atoms with Gasteiger partial charge in [0.2, 0.25) is 0 Å². The summed E-state index contributed by atoms with van der Waals surface area (Å²) >= 11 is 1.56. The number of hydrogen-bond acceptors (Lipinski definition) is 9. The van der Waals surface area contributed by atoms with Crippen LogP contribution < -0.4 is 20.7 Å². The summed E-state index contributed by atoms with van der Waals surface area (Å²) in [5.41, 5.74) is 5.22. The van der Waals surface area contributed by atoms with Crippen LogP contribution in [0.1, 0.15) is 51.0 Å². The Morgan fingerprint density at radius 2 is 1.79 bits per heavy atom. The normalized spacial score (nSPS) is 16.5. The number of likely N-dealkylation sites (N-methyl/N-ethyl adjacent to an activating group) is 1. The summed E-state index contributed by atoms with van der Waals surface area (Å²) in [6.07, 6.45) is 8.33. The maximum Gasteiger partial charge on any atom is 0.302 e. The number of ether oxygens (including phenoxy) is 1. The molecule has 5 heterocycles. The summed E-state index contributed by atoms with van der Waals surface area (Å²) in [6.45, 7) is 5.32. The molecule has 250 valence electrons. The topological polar surface area (TPSA) is 100 Å². The van der Waals surface area contributed by atoms with Crippen molar-refractivity contribution in [3.05, 3.63) is 85.3 Å². The first-order valence-corrected chi connectivity index (χ1v) is 17.3. The van der Waals surface area contributed by atoms with Gasteiger partial charge < -0.3 is 29.3 Å².